The normalized spacial score (nSPS) is 22.6. The molecule has 0 N–H and O–H groups in total. The summed E-state index contributed by atoms with van der Waals surface area (Å²) in [6.07, 6.45) is 14.7. The molecule has 5 heterocycles. The fraction of sp³-hybridized carbons (Fsp3) is 0.500. The molecule has 3 aromatic heterocycles. The van der Waals surface area contributed by atoms with Crippen molar-refractivity contribution >= 4 is 64.6 Å². The molecule has 2 aliphatic heterocycles. The van der Waals surface area contributed by atoms with Gasteiger partial charge in [-0.25, -0.2) is 0 Å². The number of hydrogen-bond donors (Lipinski definition) is 0. The summed E-state index contributed by atoms with van der Waals surface area (Å²) in [7, 11) is 1.30. The van der Waals surface area contributed by atoms with Crippen LogP contribution in [0.1, 0.15) is 141 Å². The molecule has 10 heteroatoms. The number of ketones is 1. The Balaban J connectivity index is 0.00000600. The quantitative estimate of drug-likeness (QED) is 0.0784. The van der Waals surface area contributed by atoms with Crippen molar-refractivity contribution in [2.24, 2.45) is 23.7 Å². The molecule has 0 aromatic carbocycles. The second-order valence-electron chi connectivity index (χ2n) is 15.7. The van der Waals surface area contributed by atoms with Gasteiger partial charge in [0.2, 0.25) is 0 Å². The molecule has 8 bridgehead atoms. The molecule has 1 saturated heterocycles. The van der Waals surface area contributed by atoms with E-state index in [0.717, 1.165) is 75.7 Å². The molecule has 0 spiro atoms. The van der Waals surface area contributed by atoms with E-state index in [-0.39, 0.29) is 59.7 Å². The van der Waals surface area contributed by atoms with Crippen molar-refractivity contribution in [1.29, 1.82) is 0 Å². The Bertz CT molecular complexity index is 2230. The summed E-state index contributed by atoms with van der Waals surface area (Å²) in [4.78, 5) is 56.3. The molecule has 3 aliphatic rings. The number of Topliss-reactive ketones (excluding diaryl/α,β-unsaturated/α-hetero) is 1. The molecule has 56 heavy (non-hydrogen) atoms. The van der Waals surface area contributed by atoms with Crippen LogP contribution in [0.15, 0.2) is 23.0 Å². The number of esters is 2. The molecule has 0 unspecified atom stereocenters. The minimum atomic E-state index is -1.20. The van der Waals surface area contributed by atoms with Crippen LogP contribution in [0.25, 0.3) is 29.1 Å². The second kappa shape index (κ2) is 18.1. The van der Waals surface area contributed by atoms with Gasteiger partial charge in [-0.2, -0.15) is 11.4 Å². The first-order chi connectivity index (χ1) is 26.3. The van der Waals surface area contributed by atoms with E-state index in [0.29, 0.717) is 46.1 Å². The number of aromatic nitrogens is 3. The van der Waals surface area contributed by atoms with Crippen molar-refractivity contribution in [1.82, 2.24) is 15.0 Å². The van der Waals surface area contributed by atoms with Gasteiger partial charge in [0.15, 0.2) is 5.78 Å². The van der Waals surface area contributed by atoms with Gasteiger partial charge in [-0.3, -0.25) is 14.4 Å². The fourth-order valence-electron chi connectivity index (χ4n) is 8.53. The van der Waals surface area contributed by atoms with Gasteiger partial charge in [-0.15, -0.1) is 33.5 Å². The molecule has 294 valence electrons. The van der Waals surface area contributed by atoms with Crippen LogP contribution >= 0.6 is 0 Å². The first kappa shape index (κ1) is 43.1. The van der Waals surface area contributed by atoms with Crippen molar-refractivity contribution < 1.29 is 23.9 Å². The van der Waals surface area contributed by atoms with Crippen molar-refractivity contribution in [2.75, 3.05) is 13.7 Å². The molecule has 9 nitrogen and oxygen atoms in total. The molecule has 3 aromatic rings. The molecule has 4 atom stereocenters. The number of ether oxygens (including phenoxy) is 2. The summed E-state index contributed by atoms with van der Waals surface area (Å²) >= 11 is 0. The van der Waals surface area contributed by atoms with Crippen LogP contribution in [-0.4, -0.2) is 54.5 Å². The van der Waals surface area contributed by atoms with Gasteiger partial charge >= 0.3 is 35.0 Å². The Morgan fingerprint density at radius 3 is 2.27 bits per heavy atom. The van der Waals surface area contributed by atoms with Crippen molar-refractivity contribution in [3.8, 4) is 0 Å². The Morgan fingerprint density at radius 2 is 1.59 bits per heavy atom. The Morgan fingerprint density at radius 1 is 0.893 bits per heavy atom. The summed E-state index contributed by atoms with van der Waals surface area (Å²) in [5.74, 6) is -2.23. The minimum Gasteiger partial charge on any atom is -0.664 e. The summed E-state index contributed by atoms with van der Waals surface area (Å²) in [5, 5.41) is 6.90. The number of carbonyl (C=O) groups is 3. The third kappa shape index (κ3) is 8.19. The third-order valence-electron chi connectivity index (χ3n) is 12.3. The molecule has 0 amide bonds. The van der Waals surface area contributed by atoms with E-state index < -0.39 is 11.9 Å². The Hall–Kier alpha value is -4.02. The van der Waals surface area contributed by atoms with E-state index in [1.807, 2.05) is 25.2 Å². The molecule has 0 saturated carbocycles. The van der Waals surface area contributed by atoms with E-state index in [1.165, 1.54) is 25.5 Å². The first-order valence-electron chi connectivity index (χ1n) is 20.1. The van der Waals surface area contributed by atoms with Gasteiger partial charge in [-0.05, 0) is 83.6 Å². The predicted octanol–water partition coefficient (Wildman–Crippen LogP) is 7.06. The maximum absolute atomic E-state index is 14.3. The molecule has 6 rings (SSSR count). The Labute approximate surface area is 348 Å². The van der Waals surface area contributed by atoms with Gasteiger partial charge in [0.25, 0.3) is 0 Å². The summed E-state index contributed by atoms with van der Waals surface area (Å²) in [5.41, 5.74) is 11.4. The van der Waals surface area contributed by atoms with E-state index in [4.69, 9.17) is 29.7 Å². The summed E-state index contributed by atoms with van der Waals surface area (Å²) in [6, 6.07) is 0. The van der Waals surface area contributed by atoms with Crippen LogP contribution in [-0.2, 0) is 31.9 Å². The van der Waals surface area contributed by atoms with Gasteiger partial charge in [0.05, 0.1) is 7.11 Å². The maximum atomic E-state index is 14.3. The number of carbonyl (C=O) groups excluding carboxylic acids is 3. The largest absolute Gasteiger partial charge is 2.00 e. The molecular weight excluding hydrogens is 713 g/mol. The SMILES string of the molecule is CCc1c2[n-]c(c1C)/C=C1\[N-]/C(=C3\c4[n-]c(c(C)c4C(=O)[C@@H]3C(=O)OC)/C=c3\[n-]/c(c(C)c3CC)=C\2)[C@@H](CCC(=O)OC/C=C(\C)CCC[C@H](C)CC)[C@@H]1C.[Mg+2]. The summed E-state index contributed by atoms with van der Waals surface area (Å²) < 4.78 is 10.9. The molecule has 1 aliphatic carbocycles. The maximum Gasteiger partial charge on any atom is 2.00 e. The number of nitrogens with zero attached hydrogens (tertiary/aromatic N) is 4. The standard InChI is InChI=1S/C46H57N4O5.Mg/c1-11-24(4)15-14-16-25(5)19-20-55-39(51)18-17-32-28(8)35-21-33-26(6)30(12-2)37(47-33)22-34-27(7)31(13-3)38(48-34)23-36-29(9)40-44(50-36)41(43(32)49-35)42(45(40)52)46(53)54-10;/h19,21-24,28,32,42H,11-18,20H2,1-10H3,(H-,49,50,52);/q-3;+2/p-1/b25-19+,34-22-,35-21-,38-23-;/t24-,28+,32+,42-;/m1./s1. The van der Waals surface area contributed by atoms with Crippen LogP contribution in [0.5, 0.6) is 0 Å². The minimum absolute atomic E-state index is 0. The van der Waals surface area contributed by atoms with Crippen LogP contribution in [0.2, 0.25) is 0 Å². The van der Waals surface area contributed by atoms with Crippen LogP contribution in [0.3, 0.4) is 0 Å². The van der Waals surface area contributed by atoms with E-state index in [1.54, 1.807) is 0 Å². The van der Waals surface area contributed by atoms with Gasteiger partial charge in [0.1, 0.15) is 12.5 Å². The monoisotopic (exact) mass is 768 g/mol. The predicted molar refractivity (Wildman–Crippen MR) is 222 cm³/mol. The third-order valence-corrected chi connectivity index (χ3v) is 12.3. The number of methoxy groups -OCH3 is 1. The zero-order chi connectivity index (χ0) is 39.7. The average molecular weight is 769 g/mol. The zero-order valence-corrected chi connectivity index (χ0v) is 36.4. The summed E-state index contributed by atoms with van der Waals surface area (Å²) in [6.45, 7) is 19.2. The number of allylic oxidation sites excluding steroid dienone is 3. The van der Waals surface area contributed by atoms with Crippen molar-refractivity contribution in [3.05, 3.63) is 95.2 Å². The van der Waals surface area contributed by atoms with Crippen LogP contribution < -0.4 is 25.7 Å². The van der Waals surface area contributed by atoms with Crippen LogP contribution in [0.4, 0.5) is 0 Å². The van der Waals surface area contributed by atoms with Gasteiger partial charge in [0, 0.05) is 12.0 Å². The topological polar surface area (TPSA) is 126 Å². The number of fused-ring (bicyclic) bond motifs is 7. The first-order valence-corrected chi connectivity index (χ1v) is 20.1. The van der Waals surface area contributed by atoms with E-state index in [2.05, 4.69) is 61.5 Å². The van der Waals surface area contributed by atoms with Crippen molar-refractivity contribution in [3.63, 3.8) is 0 Å². The van der Waals surface area contributed by atoms with E-state index >= 15 is 0 Å². The second-order valence-corrected chi connectivity index (χ2v) is 15.7. The van der Waals surface area contributed by atoms with Crippen LogP contribution in [0, 0.1) is 44.4 Å². The molecule has 0 radical (unpaired) electrons. The molecular formula is C46H56MgN4O5-2. The smallest absolute Gasteiger partial charge is 0.664 e. The molecule has 1 fully saturated rings. The average Bonchev–Trinajstić information content (AvgIpc) is 3.90. The van der Waals surface area contributed by atoms with E-state index in [9.17, 15) is 14.4 Å². The zero-order valence-electron chi connectivity index (χ0n) is 35.0. The fourth-order valence-corrected chi connectivity index (χ4v) is 8.53. The number of hydrogen-bond acceptors (Lipinski definition) is 5. The van der Waals surface area contributed by atoms with Gasteiger partial charge in [-0.1, -0.05) is 105 Å². The van der Waals surface area contributed by atoms with Crippen molar-refractivity contribution in [2.45, 2.75) is 114 Å². The van der Waals surface area contributed by atoms with Gasteiger partial charge < -0.3 is 29.7 Å². The Kier molecular flexibility index (Phi) is 13.9. The number of rotatable bonds is 13.